The Morgan fingerprint density at radius 1 is 0.939 bits per heavy atom. The number of unbranched alkanes of at least 4 members (excludes halogenated alkanes) is 5. The molecular formula is C30H39NO2. The van der Waals surface area contributed by atoms with Crippen LogP contribution in [0.5, 0.6) is 5.75 Å². The van der Waals surface area contributed by atoms with Gasteiger partial charge in [0.25, 0.3) is 0 Å². The maximum atomic E-state index is 12.7. The van der Waals surface area contributed by atoms with E-state index in [-0.39, 0.29) is 0 Å². The van der Waals surface area contributed by atoms with Gasteiger partial charge in [0.05, 0.1) is 11.1 Å². The van der Waals surface area contributed by atoms with Crippen molar-refractivity contribution in [3.05, 3.63) is 64.7 Å². The molecule has 0 aliphatic heterocycles. The smallest absolute Gasteiger partial charge is 0.343 e. The summed E-state index contributed by atoms with van der Waals surface area (Å²) in [6.45, 7) is 4.51. The van der Waals surface area contributed by atoms with Crippen LogP contribution >= 0.6 is 0 Å². The Kier molecular flexibility index (Phi) is 10.0. The molecule has 3 rings (SSSR count). The lowest BCUT2D eigenvalue weighted by Gasteiger charge is -2.28. The van der Waals surface area contributed by atoms with Crippen LogP contribution in [0.3, 0.4) is 0 Å². The highest BCUT2D eigenvalue weighted by Crippen LogP contribution is 2.37. The molecule has 0 unspecified atom stereocenters. The molecule has 2 aromatic carbocycles. The second-order valence-corrected chi connectivity index (χ2v) is 9.60. The van der Waals surface area contributed by atoms with Gasteiger partial charge in [-0.3, -0.25) is 0 Å². The van der Waals surface area contributed by atoms with Gasteiger partial charge in [-0.25, -0.2) is 4.79 Å². The average molecular weight is 446 g/mol. The number of carbonyl (C=O) groups excluding carboxylic acids is 1. The molecule has 1 aliphatic carbocycles. The second kappa shape index (κ2) is 13.2. The summed E-state index contributed by atoms with van der Waals surface area (Å²) in [5.74, 6) is 1.41. The van der Waals surface area contributed by atoms with E-state index in [1.54, 1.807) is 6.07 Å². The zero-order valence-corrected chi connectivity index (χ0v) is 20.4. The molecule has 0 amide bonds. The lowest BCUT2D eigenvalue weighted by atomic mass is 9.78. The number of ether oxygens (including phenoxy) is 1. The number of aryl methyl sites for hydroxylation is 1. The summed E-state index contributed by atoms with van der Waals surface area (Å²) in [7, 11) is 0. The molecule has 0 N–H and O–H groups in total. The fourth-order valence-electron chi connectivity index (χ4n) is 4.97. The van der Waals surface area contributed by atoms with E-state index in [1.165, 1.54) is 69.8 Å². The van der Waals surface area contributed by atoms with Crippen LogP contribution in [0.15, 0.2) is 42.5 Å². The van der Waals surface area contributed by atoms with E-state index in [2.05, 4.69) is 32.0 Å². The molecular weight excluding hydrogens is 406 g/mol. The molecule has 1 saturated carbocycles. The van der Waals surface area contributed by atoms with Crippen LogP contribution in [0.25, 0.3) is 0 Å². The minimum atomic E-state index is -0.406. The normalized spacial score (nSPS) is 18.0. The molecule has 3 nitrogen and oxygen atoms in total. The van der Waals surface area contributed by atoms with Crippen LogP contribution in [-0.4, -0.2) is 5.97 Å². The van der Waals surface area contributed by atoms with Gasteiger partial charge in [0.15, 0.2) is 0 Å². The summed E-state index contributed by atoms with van der Waals surface area (Å²) in [4.78, 5) is 12.7. The predicted molar refractivity (Wildman–Crippen MR) is 135 cm³/mol. The summed E-state index contributed by atoms with van der Waals surface area (Å²) in [5, 5.41) is 9.57. The first-order chi connectivity index (χ1) is 16.1. The number of hydrogen-bond acceptors (Lipinski definition) is 3. The summed E-state index contributed by atoms with van der Waals surface area (Å²) in [6.07, 6.45) is 14.8. The lowest BCUT2D eigenvalue weighted by Crippen LogP contribution is -2.13. The van der Waals surface area contributed by atoms with E-state index in [4.69, 9.17) is 4.74 Å². The molecule has 33 heavy (non-hydrogen) atoms. The topological polar surface area (TPSA) is 50.1 Å². The number of benzene rings is 2. The summed E-state index contributed by atoms with van der Waals surface area (Å²) in [6, 6.07) is 15.7. The largest absolute Gasteiger partial charge is 0.422 e. The third kappa shape index (κ3) is 7.46. The van der Waals surface area contributed by atoms with E-state index in [1.807, 2.05) is 24.3 Å². The molecule has 0 saturated heterocycles. The first-order valence-electron chi connectivity index (χ1n) is 13.0. The Balaban J connectivity index is 1.54. The SMILES string of the molecule is CCCCCCCCc1ccc(OC(=O)c2ccc(C3CCC(CC)CC3)cc2)c(C#N)c1. The summed E-state index contributed by atoms with van der Waals surface area (Å²) >= 11 is 0. The van der Waals surface area contributed by atoms with Gasteiger partial charge < -0.3 is 4.74 Å². The Morgan fingerprint density at radius 2 is 1.64 bits per heavy atom. The molecule has 2 aromatic rings. The number of nitrogens with zero attached hydrogens (tertiary/aromatic N) is 1. The van der Waals surface area contributed by atoms with Gasteiger partial charge in [0.2, 0.25) is 0 Å². The van der Waals surface area contributed by atoms with Crippen molar-refractivity contribution in [2.45, 2.75) is 96.8 Å². The van der Waals surface area contributed by atoms with E-state index >= 15 is 0 Å². The summed E-state index contributed by atoms with van der Waals surface area (Å²) in [5.41, 5.74) is 3.40. The van der Waals surface area contributed by atoms with Crippen molar-refractivity contribution in [3.63, 3.8) is 0 Å². The molecule has 3 heteroatoms. The monoisotopic (exact) mass is 445 g/mol. The highest BCUT2D eigenvalue weighted by Gasteiger charge is 2.21. The van der Waals surface area contributed by atoms with Crippen LogP contribution < -0.4 is 4.74 Å². The number of carbonyl (C=O) groups is 1. The van der Waals surface area contributed by atoms with E-state index in [9.17, 15) is 10.1 Å². The van der Waals surface area contributed by atoms with Crippen molar-refractivity contribution >= 4 is 5.97 Å². The minimum absolute atomic E-state index is 0.344. The molecule has 0 aromatic heterocycles. The van der Waals surface area contributed by atoms with Crippen molar-refractivity contribution in [1.82, 2.24) is 0 Å². The zero-order chi connectivity index (χ0) is 23.5. The molecule has 0 heterocycles. The predicted octanol–water partition coefficient (Wildman–Crippen LogP) is 8.36. The van der Waals surface area contributed by atoms with Crippen molar-refractivity contribution in [2.24, 2.45) is 5.92 Å². The molecule has 0 radical (unpaired) electrons. The van der Waals surface area contributed by atoms with Crippen molar-refractivity contribution in [2.75, 3.05) is 0 Å². The standard InChI is InChI=1S/C30H39NO2/c1-3-5-6-7-8-9-10-24-13-20-29(28(21-24)22-31)33-30(32)27-18-16-26(17-19-27)25-14-11-23(4-2)12-15-25/h13,16-21,23,25H,3-12,14-15H2,1-2H3. The number of rotatable bonds is 11. The quantitative estimate of drug-likeness (QED) is 0.198. The van der Waals surface area contributed by atoms with Gasteiger partial charge in [0, 0.05) is 0 Å². The molecule has 0 atom stereocenters. The Bertz CT molecular complexity index is 917. The molecule has 176 valence electrons. The Hall–Kier alpha value is -2.60. The highest BCUT2D eigenvalue weighted by molar-refractivity contribution is 5.91. The highest BCUT2D eigenvalue weighted by atomic mass is 16.5. The average Bonchev–Trinajstić information content (AvgIpc) is 2.87. The summed E-state index contributed by atoms with van der Waals surface area (Å²) < 4.78 is 5.60. The van der Waals surface area contributed by atoms with Gasteiger partial charge in [-0.2, -0.15) is 5.26 Å². The van der Waals surface area contributed by atoms with E-state index < -0.39 is 5.97 Å². The van der Waals surface area contributed by atoms with Gasteiger partial charge in [-0.15, -0.1) is 0 Å². The van der Waals surface area contributed by atoms with Gasteiger partial charge in [-0.05, 0) is 85.8 Å². The van der Waals surface area contributed by atoms with Crippen LogP contribution in [-0.2, 0) is 6.42 Å². The second-order valence-electron chi connectivity index (χ2n) is 9.60. The molecule has 0 spiro atoms. The van der Waals surface area contributed by atoms with Gasteiger partial charge >= 0.3 is 5.97 Å². The number of nitriles is 1. The van der Waals surface area contributed by atoms with Gasteiger partial charge in [-0.1, -0.05) is 70.6 Å². The molecule has 0 bridgehead atoms. The van der Waals surface area contributed by atoms with Crippen LogP contribution in [0.2, 0.25) is 0 Å². The first-order valence-corrected chi connectivity index (χ1v) is 13.0. The minimum Gasteiger partial charge on any atom is -0.422 e. The van der Waals surface area contributed by atoms with Crippen molar-refractivity contribution in [1.29, 1.82) is 5.26 Å². The fourth-order valence-corrected chi connectivity index (χ4v) is 4.97. The first kappa shape index (κ1) is 25.0. The maximum absolute atomic E-state index is 12.7. The van der Waals surface area contributed by atoms with Crippen LogP contribution in [0, 0.1) is 17.2 Å². The Morgan fingerprint density at radius 3 is 2.30 bits per heavy atom. The third-order valence-electron chi connectivity index (χ3n) is 7.23. The zero-order valence-electron chi connectivity index (χ0n) is 20.4. The lowest BCUT2D eigenvalue weighted by molar-refractivity contribution is 0.0734. The van der Waals surface area contributed by atoms with Crippen LogP contribution in [0.1, 0.15) is 117 Å². The fraction of sp³-hybridized carbons (Fsp3) is 0.533. The molecule has 1 fully saturated rings. The third-order valence-corrected chi connectivity index (χ3v) is 7.23. The van der Waals surface area contributed by atoms with E-state index in [0.717, 1.165) is 24.3 Å². The van der Waals surface area contributed by atoms with E-state index in [0.29, 0.717) is 22.8 Å². The van der Waals surface area contributed by atoms with Crippen molar-refractivity contribution < 1.29 is 9.53 Å². The molecule has 1 aliphatic rings. The number of esters is 1. The van der Waals surface area contributed by atoms with Crippen LogP contribution in [0.4, 0.5) is 0 Å². The maximum Gasteiger partial charge on any atom is 0.343 e. The van der Waals surface area contributed by atoms with Crippen molar-refractivity contribution in [3.8, 4) is 11.8 Å². The number of hydrogen-bond donors (Lipinski definition) is 0. The van der Waals surface area contributed by atoms with Gasteiger partial charge in [0.1, 0.15) is 11.8 Å². The Labute approximate surface area is 200 Å².